The van der Waals surface area contributed by atoms with Gasteiger partial charge in [0.25, 0.3) is 0 Å². The van der Waals surface area contributed by atoms with Crippen molar-refractivity contribution in [3.63, 3.8) is 0 Å². The molecule has 0 saturated carbocycles. The maximum Gasteiger partial charge on any atom is 0.472 e. The Morgan fingerprint density at radius 3 is 1.43 bits per heavy atom. The highest BCUT2D eigenvalue weighted by atomic mass is 31.2. The standard InChI is InChI=1S/C48H88NO8P/c1-3-5-7-9-11-13-15-17-19-21-23-25-27-29-31-33-35-37-39-41-48(52)55-44-46(50)45-57-58(53,54)56-43-42-49-47(51)40-38-36-34-32-30-28-26-24-22-20-18-16-14-12-10-8-6-4-2/h11,13,17,19,23,25,29,31,46,50H,3-10,12,14-16,18,20-22,24,26-28,30,32-45H2,1-2H3,(H,49,51)(H,53,54)/b13-11-,19-17-,25-23-,31-29-. The minimum Gasteiger partial charge on any atom is -0.463 e. The molecule has 10 heteroatoms. The van der Waals surface area contributed by atoms with Crippen LogP contribution in [0.2, 0.25) is 0 Å². The SMILES string of the molecule is CCCCC/C=C\C/C=C\C/C=C\C/C=C\CCCCCC(=O)OCC(O)COP(=O)(O)OCCNC(=O)CCCCCCCCCCCCCCCCCCCC. The van der Waals surface area contributed by atoms with E-state index in [1.165, 1.54) is 122 Å². The number of amides is 1. The Balaban J connectivity index is 3.62. The molecule has 0 aromatic heterocycles. The predicted octanol–water partition coefficient (Wildman–Crippen LogP) is 13.5. The average Bonchev–Trinajstić information content (AvgIpc) is 3.21. The minimum atomic E-state index is -4.43. The smallest absolute Gasteiger partial charge is 0.463 e. The van der Waals surface area contributed by atoms with Crippen LogP contribution in [0, 0.1) is 0 Å². The van der Waals surface area contributed by atoms with Gasteiger partial charge in [-0.25, -0.2) is 4.57 Å². The molecule has 0 saturated heterocycles. The van der Waals surface area contributed by atoms with Crippen LogP contribution in [0.25, 0.3) is 0 Å². The van der Waals surface area contributed by atoms with E-state index >= 15 is 0 Å². The highest BCUT2D eigenvalue weighted by Crippen LogP contribution is 2.42. The summed E-state index contributed by atoms with van der Waals surface area (Å²) < 4.78 is 26.9. The number of rotatable bonds is 44. The molecule has 0 aromatic rings. The summed E-state index contributed by atoms with van der Waals surface area (Å²) in [7, 11) is -4.43. The average molecular weight is 838 g/mol. The largest absolute Gasteiger partial charge is 0.472 e. The fourth-order valence-electron chi connectivity index (χ4n) is 6.42. The number of ether oxygens (including phenoxy) is 1. The van der Waals surface area contributed by atoms with Crippen molar-refractivity contribution in [1.82, 2.24) is 5.32 Å². The third-order valence-corrected chi connectivity index (χ3v) is 11.0. The number of hydrogen-bond donors (Lipinski definition) is 3. The first-order chi connectivity index (χ1) is 28.3. The van der Waals surface area contributed by atoms with Gasteiger partial charge in [-0.1, -0.05) is 191 Å². The number of aliphatic hydroxyl groups excluding tert-OH is 1. The van der Waals surface area contributed by atoms with Gasteiger partial charge in [0.1, 0.15) is 12.7 Å². The summed E-state index contributed by atoms with van der Waals surface area (Å²) >= 11 is 0. The van der Waals surface area contributed by atoms with Gasteiger partial charge >= 0.3 is 13.8 Å². The summed E-state index contributed by atoms with van der Waals surface area (Å²) in [6, 6.07) is 0. The van der Waals surface area contributed by atoms with Crippen molar-refractivity contribution in [2.45, 2.75) is 219 Å². The van der Waals surface area contributed by atoms with Crippen LogP contribution in [-0.2, 0) is 27.9 Å². The Kier molecular flexibility index (Phi) is 43.0. The Bertz CT molecular complexity index is 1090. The van der Waals surface area contributed by atoms with Gasteiger partial charge in [0.05, 0.1) is 13.2 Å². The number of phosphoric ester groups is 1. The molecular weight excluding hydrogens is 750 g/mol. The molecule has 2 atom stereocenters. The summed E-state index contributed by atoms with van der Waals surface area (Å²) in [5, 5.41) is 12.7. The van der Waals surface area contributed by atoms with Crippen molar-refractivity contribution in [2.24, 2.45) is 0 Å². The van der Waals surface area contributed by atoms with Crippen molar-refractivity contribution in [3.05, 3.63) is 48.6 Å². The van der Waals surface area contributed by atoms with E-state index in [2.05, 4.69) is 67.8 Å². The van der Waals surface area contributed by atoms with E-state index in [1.807, 2.05) is 0 Å². The number of carbonyl (C=O) groups excluding carboxylic acids is 2. The van der Waals surface area contributed by atoms with Gasteiger partial charge < -0.3 is 20.1 Å². The molecule has 0 heterocycles. The van der Waals surface area contributed by atoms with E-state index in [1.54, 1.807) is 0 Å². The van der Waals surface area contributed by atoms with Crippen LogP contribution in [0.3, 0.4) is 0 Å². The molecule has 58 heavy (non-hydrogen) atoms. The molecule has 9 nitrogen and oxygen atoms in total. The molecule has 0 aliphatic heterocycles. The molecule has 0 spiro atoms. The number of esters is 1. The maximum absolute atomic E-state index is 12.1. The number of allylic oxidation sites excluding steroid dienone is 8. The van der Waals surface area contributed by atoms with Crippen LogP contribution in [0.5, 0.6) is 0 Å². The Labute approximate surface area is 355 Å². The third kappa shape index (κ3) is 45.1. The molecule has 0 rings (SSSR count). The van der Waals surface area contributed by atoms with Crippen LogP contribution in [-0.4, -0.2) is 54.3 Å². The van der Waals surface area contributed by atoms with Crippen molar-refractivity contribution < 1.29 is 37.9 Å². The molecule has 338 valence electrons. The fourth-order valence-corrected chi connectivity index (χ4v) is 7.18. The van der Waals surface area contributed by atoms with Gasteiger partial charge in [-0.05, 0) is 57.8 Å². The molecule has 0 aliphatic rings. The molecule has 0 aliphatic carbocycles. The zero-order chi connectivity index (χ0) is 42.5. The Morgan fingerprint density at radius 1 is 0.534 bits per heavy atom. The van der Waals surface area contributed by atoms with Gasteiger partial charge in [-0.3, -0.25) is 18.6 Å². The first kappa shape index (κ1) is 56.0. The lowest BCUT2D eigenvalue weighted by atomic mass is 10.0. The molecule has 1 amide bonds. The second-order valence-electron chi connectivity index (χ2n) is 15.7. The van der Waals surface area contributed by atoms with Crippen LogP contribution >= 0.6 is 7.82 Å². The normalized spacial score (nSPS) is 13.7. The summed E-state index contributed by atoms with van der Waals surface area (Å²) in [5.41, 5.74) is 0. The highest BCUT2D eigenvalue weighted by molar-refractivity contribution is 7.47. The number of phosphoric acid groups is 1. The lowest BCUT2D eigenvalue weighted by Crippen LogP contribution is -2.27. The van der Waals surface area contributed by atoms with Gasteiger partial charge in [-0.15, -0.1) is 0 Å². The van der Waals surface area contributed by atoms with E-state index in [4.69, 9.17) is 13.8 Å². The van der Waals surface area contributed by atoms with Crippen LogP contribution < -0.4 is 5.32 Å². The second-order valence-corrected chi connectivity index (χ2v) is 17.2. The Hall–Kier alpha value is -2.03. The first-order valence-corrected chi connectivity index (χ1v) is 25.1. The van der Waals surface area contributed by atoms with Crippen molar-refractivity contribution in [2.75, 3.05) is 26.4 Å². The molecule has 3 N–H and O–H groups in total. The zero-order valence-electron chi connectivity index (χ0n) is 37.2. The molecule has 0 radical (unpaired) electrons. The number of aliphatic hydroxyl groups is 1. The van der Waals surface area contributed by atoms with Gasteiger partial charge in [-0.2, -0.15) is 0 Å². The molecule has 0 bridgehead atoms. The number of unbranched alkanes of at least 4 members (excludes halogenated alkanes) is 23. The van der Waals surface area contributed by atoms with Crippen LogP contribution in [0.15, 0.2) is 48.6 Å². The van der Waals surface area contributed by atoms with Crippen molar-refractivity contribution in [3.8, 4) is 0 Å². The second kappa shape index (κ2) is 44.5. The summed E-state index contributed by atoms with van der Waals surface area (Å²) in [4.78, 5) is 34.0. The highest BCUT2D eigenvalue weighted by Gasteiger charge is 2.23. The fraction of sp³-hybridized carbons (Fsp3) is 0.792. The van der Waals surface area contributed by atoms with E-state index in [0.717, 1.165) is 57.8 Å². The topological polar surface area (TPSA) is 131 Å². The number of hydrogen-bond acceptors (Lipinski definition) is 7. The Morgan fingerprint density at radius 2 is 0.931 bits per heavy atom. The molecule has 0 fully saturated rings. The van der Waals surface area contributed by atoms with Gasteiger partial charge in [0.15, 0.2) is 0 Å². The lowest BCUT2D eigenvalue weighted by Gasteiger charge is -2.15. The van der Waals surface area contributed by atoms with E-state index in [-0.39, 0.29) is 32.1 Å². The first-order valence-electron chi connectivity index (χ1n) is 23.6. The maximum atomic E-state index is 12.1. The monoisotopic (exact) mass is 838 g/mol. The summed E-state index contributed by atoms with van der Waals surface area (Å²) in [5.74, 6) is -0.543. The molecular formula is C48H88NO8P. The summed E-state index contributed by atoms with van der Waals surface area (Å²) in [6.45, 7) is 3.51. The van der Waals surface area contributed by atoms with Gasteiger partial charge in [0.2, 0.25) is 5.91 Å². The number of carbonyl (C=O) groups is 2. The van der Waals surface area contributed by atoms with Crippen LogP contribution in [0.1, 0.15) is 213 Å². The minimum absolute atomic E-state index is 0.0789. The van der Waals surface area contributed by atoms with E-state index in [0.29, 0.717) is 12.8 Å². The van der Waals surface area contributed by atoms with Gasteiger partial charge in [0, 0.05) is 19.4 Å². The third-order valence-electron chi connectivity index (χ3n) is 10.0. The predicted molar refractivity (Wildman–Crippen MR) is 243 cm³/mol. The number of nitrogens with one attached hydrogen (secondary N) is 1. The molecule has 2 unspecified atom stereocenters. The van der Waals surface area contributed by atoms with E-state index in [9.17, 15) is 24.2 Å². The van der Waals surface area contributed by atoms with Crippen LogP contribution in [0.4, 0.5) is 0 Å². The molecule has 0 aromatic carbocycles. The zero-order valence-corrected chi connectivity index (χ0v) is 38.1. The van der Waals surface area contributed by atoms with E-state index < -0.39 is 26.5 Å². The summed E-state index contributed by atoms with van der Waals surface area (Å²) in [6.07, 6.45) is 51.8. The van der Waals surface area contributed by atoms with Crippen molar-refractivity contribution >= 4 is 19.7 Å². The van der Waals surface area contributed by atoms with Crippen molar-refractivity contribution in [1.29, 1.82) is 0 Å². The lowest BCUT2D eigenvalue weighted by molar-refractivity contribution is -0.147. The quantitative estimate of drug-likeness (QED) is 0.0239.